The Labute approximate surface area is 154 Å². The highest BCUT2D eigenvalue weighted by atomic mass is 19.4. The van der Waals surface area contributed by atoms with Gasteiger partial charge in [0.2, 0.25) is 0 Å². The van der Waals surface area contributed by atoms with Gasteiger partial charge in [0.15, 0.2) is 5.65 Å². The van der Waals surface area contributed by atoms with Gasteiger partial charge in [-0.05, 0) is 24.0 Å². The first-order valence-corrected chi connectivity index (χ1v) is 9.02. The van der Waals surface area contributed by atoms with Gasteiger partial charge in [-0.1, -0.05) is 13.8 Å². The summed E-state index contributed by atoms with van der Waals surface area (Å²) in [4.78, 5) is 16.1. The quantitative estimate of drug-likeness (QED) is 0.803. The maximum atomic E-state index is 13.0. The first-order chi connectivity index (χ1) is 12.7. The fraction of sp³-hybridized carbons (Fsp3) is 0.647. The minimum Gasteiger partial charge on any atom is -0.355 e. The predicted octanol–water partition coefficient (Wildman–Crippen LogP) is 1.74. The van der Waals surface area contributed by atoms with Crippen LogP contribution in [-0.2, 0) is 11.0 Å². The van der Waals surface area contributed by atoms with Gasteiger partial charge in [-0.2, -0.15) is 17.7 Å². The summed E-state index contributed by atoms with van der Waals surface area (Å²) in [5.41, 5.74) is 0.0730. The Bertz CT molecular complexity index is 850. The van der Waals surface area contributed by atoms with Gasteiger partial charge < -0.3 is 4.90 Å². The van der Waals surface area contributed by atoms with Crippen molar-refractivity contribution in [2.45, 2.75) is 20.0 Å². The number of carbonyl (C=O) groups excluding carboxylic acids is 1. The predicted molar refractivity (Wildman–Crippen MR) is 91.3 cm³/mol. The van der Waals surface area contributed by atoms with Gasteiger partial charge in [-0.3, -0.25) is 9.69 Å². The summed E-state index contributed by atoms with van der Waals surface area (Å²) in [5.74, 6) is 0.441. The third kappa shape index (κ3) is 3.38. The number of rotatable bonds is 4. The Kier molecular flexibility index (Phi) is 4.32. The topological polar surface area (TPSA) is 66.6 Å². The van der Waals surface area contributed by atoms with E-state index in [9.17, 15) is 18.0 Å². The number of ketones is 1. The van der Waals surface area contributed by atoms with E-state index in [1.807, 2.05) is 18.7 Å². The van der Waals surface area contributed by atoms with Crippen LogP contribution in [0.5, 0.6) is 0 Å². The molecule has 2 aliphatic rings. The van der Waals surface area contributed by atoms with Crippen molar-refractivity contribution in [2.24, 2.45) is 17.8 Å². The van der Waals surface area contributed by atoms with Gasteiger partial charge in [0, 0.05) is 32.1 Å². The molecular formula is C17H21F3N6O. The molecule has 0 N–H and O–H groups in total. The van der Waals surface area contributed by atoms with Crippen LogP contribution in [0.1, 0.15) is 19.7 Å². The van der Waals surface area contributed by atoms with E-state index in [1.165, 1.54) is 6.07 Å². The number of Topliss-reactive ketones (excluding diaryl/α,β-unsaturated/α-hetero) is 1. The fourth-order valence-corrected chi connectivity index (χ4v) is 3.93. The molecule has 7 nitrogen and oxygen atoms in total. The minimum absolute atomic E-state index is 0.0319. The summed E-state index contributed by atoms with van der Waals surface area (Å²) in [6, 6.07) is 3.19. The molecule has 2 atom stereocenters. The molecule has 0 amide bonds. The number of hydrogen-bond acceptors (Lipinski definition) is 6. The van der Waals surface area contributed by atoms with Gasteiger partial charge in [0.1, 0.15) is 11.6 Å². The Morgan fingerprint density at radius 2 is 1.81 bits per heavy atom. The molecule has 10 heteroatoms. The molecule has 0 aliphatic carbocycles. The molecule has 4 heterocycles. The first kappa shape index (κ1) is 18.1. The zero-order valence-electron chi connectivity index (χ0n) is 15.1. The highest BCUT2D eigenvalue weighted by Gasteiger charge is 2.41. The van der Waals surface area contributed by atoms with Gasteiger partial charge in [-0.25, -0.2) is 0 Å². The molecule has 2 saturated heterocycles. The molecule has 0 saturated carbocycles. The van der Waals surface area contributed by atoms with Crippen molar-refractivity contribution in [3.63, 3.8) is 0 Å². The van der Waals surface area contributed by atoms with Crippen LogP contribution in [0.4, 0.5) is 19.0 Å². The van der Waals surface area contributed by atoms with E-state index >= 15 is 0 Å². The molecule has 0 bridgehead atoms. The van der Waals surface area contributed by atoms with E-state index in [2.05, 4.69) is 20.2 Å². The second-order valence-electron chi connectivity index (χ2n) is 7.72. The number of alkyl halides is 3. The van der Waals surface area contributed by atoms with Crippen molar-refractivity contribution in [3.8, 4) is 0 Å². The number of fused-ring (bicyclic) bond motifs is 2. The van der Waals surface area contributed by atoms with Crippen LogP contribution in [0.25, 0.3) is 5.65 Å². The van der Waals surface area contributed by atoms with E-state index < -0.39 is 12.0 Å². The van der Waals surface area contributed by atoms with E-state index in [1.54, 1.807) is 6.07 Å². The third-order valence-corrected chi connectivity index (χ3v) is 5.41. The molecule has 2 aromatic rings. The van der Waals surface area contributed by atoms with E-state index in [4.69, 9.17) is 0 Å². The van der Waals surface area contributed by atoms with Gasteiger partial charge in [-0.15, -0.1) is 15.3 Å². The maximum Gasteiger partial charge on any atom is 0.453 e. The Morgan fingerprint density at radius 1 is 1.15 bits per heavy atom. The summed E-state index contributed by atoms with van der Waals surface area (Å²) < 4.78 is 39.9. The Hall–Kier alpha value is -2.23. The Balaban J connectivity index is 1.47. The lowest BCUT2D eigenvalue weighted by Gasteiger charge is -2.22. The zero-order chi connectivity index (χ0) is 19.3. The number of aromatic nitrogens is 4. The molecule has 27 heavy (non-hydrogen) atoms. The van der Waals surface area contributed by atoms with Crippen molar-refractivity contribution in [1.29, 1.82) is 0 Å². The minimum atomic E-state index is -4.60. The third-order valence-electron chi connectivity index (χ3n) is 5.41. The largest absolute Gasteiger partial charge is 0.453 e. The van der Waals surface area contributed by atoms with Crippen LogP contribution in [0, 0.1) is 17.8 Å². The summed E-state index contributed by atoms with van der Waals surface area (Å²) in [5, 5.41) is 10.9. The molecule has 2 unspecified atom stereocenters. The standard InChI is InChI=1S/C17H21F3N6O/c1-10(2)13(27)9-24-5-11-7-25(8-12(11)6-24)15-4-3-14-21-22-16(17(18,19)20)26(14)23-15/h3-4,10-12H,5-9H2,1-2H3. The average molecular weight is 382 g/mol. The SMILES string of the molecule is CC(C)C(=O)CN1CC2CN(c3ccc4nnc(C(F)(F)F)n4n3)CC2C1. The molecule has 2 fully saturated rings. The summed E-state index contributed by atoms with van der Waals surface area (Å²) in [6.45, 7) is 7.40. The van der Waals surface area contributed by atoms with Gasteiger partial charge in [0.25, 0.3) is 5.82 Å². The van der Waals surface area contributed by atoms with Crippen LogP contribution in [-0.4, -0.2) is 63.2 Å². The molecule has 0 radical (unpaired) electrons. The van der Waals surface area contributed by atoms with Gasteiger partial charge in [0.05, 0.1) is 6.54 Å². The molecule has 0 aromatic carbocycles. The zero-order valence-corrected chi connectivity index (χ0v) is 15.1. The average Bonchev–Trinajstić information content (AvgIpc) is 3.25. The smallest absolute Gasteiger partial charge is 0.355 e. The number of halogens is 3. The number of likely N-dealkylation sites (tertiary alicyclic amines) is 1. The highest BCUT2D eigenvalue weighted by molar-refractivity contribution is 5.82. The molecule has 2 aliphatic heterocycles. The number of anilines is 1. The van der Waals surface area contributed by atoms with E-state index in [0.29, 0.717) is 24.2 Å². The molecule has 4 rings (SSSR count). The lowest BCUT2D eigenvalue weighted by Crippen LogP contribution is -2.34. The molecular weight excluding hydrogens is 361 g/mol. The van der Waals surface area contributed by atoms with Crippen molar-refractivity contribution in [3.05, 3.63) is 18.0 Å². The van der Waals surface area contributed by atoms with E-state index in [0.717, 1.165) is 30.7 Å². The van der Waals surface area contributed by atoms with Crippen LogP contribution < -0.4 is 4.90 Å². The highest BCUT2D eigenvalue weighted by Crippen LogP contribution is 2.34. The lowest BCUT2D eigenvalue weighted by atomic mass is 10.0. The Morgan fingerprint density at radius 3 is 2.41 bits per heavy atom. The van der Waals surface area contributed by atoms with Crippen LogP contribution in [0.15, 0.2) is 12.1 Å². The van der Waals surface area contributed by atoms with Crippen LogP contribution in [0.3, 0.4) is 0 Å². The summed E-state index contributed by atoms with van der Waals surface area (Å²) in [6.07, 6.45) is -4.60. The second kappa shape index (κ2) is 6.43. The second-order valence-corrected chi connectivity index (χ2v) is 7.72. The molecule has 2 aromatic heterocycles. The fourth-order valence-electron chi connectivity index (χ4n) is 3.93. The number of nitrogens with zero attached hydrogens (tertiary/aromatic N) is 6. The summed E-state index contributed by atoms with van der Waals surface area (Å²) >= 11 is 0. The maximum absolute atomic E-state index is 13.0. The van der Waals surface area contributed by atoms with Crippen molar-refractivity contribution in [1.82, 2.24) is 24.7 Å². The molecule has 146 valence electrons. The van der Waals surface area contributed by atoms with Crippen LogP contribution in [0.2, 0.25) is 0 Å². The molecule has 0 spiro atoms. The van der Waals surface area contributed by atoms with Crippen molar-refractivity contribution in [2.75, 3.05) is 37.6 Å². The normalized spacial score (nSPS) is 23.6. The summed E-state index contributed by atoms with van der Waals surface area (Å²) in [7, 11) is 0. The lowest BCUT2D eigenvalue weighted by molar-refractivity contribution is -0.146. The first-order valence-electron chi connectivity index (χ1n) is 9.02. The van der Waals surface area contributed by atoms with Crippen LogP contribution >= 0.6 is 0 Å². The van der Waals surface area contributed by atoms with E-state index in [-0.39, 0.29) is 17.3 Å². The van der Waals surface area contributed by atoms with Gasteiger partial charge >= 0.3 is 6.18 Å². The number of carbonyl (C=O) groups is 1. The number of hydrogen-bond donors (Lipinski definition) is 0. The van der Waals surface area contributed by atoms with Crippen molar-refractivity contribution >= 4 is 17.2 Å². The monoisotopic (exact) mass is 382 g/mol. The van der Waals surface area contributed by atoms with Crippen molar-refractivity contribution < 1.29 is 18.0 Å².